The minimum Gasteiger partial charge on any atom is -0.497 e. The molecule has 0 atom stereocenters. The van der Waals surface area contributed by atoms with Gasteiger partial charge in [-0.05, 0) is 17.7 Å². The second-order valence-corrected chi connectivity index (χ2v) is 7.96. The first kappa shape index (κ1) is 20.6. The molecule has 1 heterocycles. The highest BCUT2D eigenvalue weighted by Crippen LogP contribution is 2.22. The molecule has 5 nitrogen and oxygen atoms in total. The Labute approximate surface area is 172 Å². The number of nitrogens with zero attached hydrogens (tertiary/aromatic N) is 2. The summed E-state index contributed by atoms with van der Waals surface area (Å²) in [4.78, 5) is 16.8. The Hall–Kier alpha value is -2.18. The molecule has 1 N–H and O–H groups in total. The molecule has 1 fully saturated rings. The molecular weight excluding hydrogens is 370 g/mol. The van der Waals surface area contributed by atoms with Crippen molar-refractivity contribution >= 4 is 23.4 Å². The highest BCUT2D eigenvalue weighted by atomic mass is 32.2. The maximum Gasteiger partial charge on any atom is 0.234 e. The summed E-state index contributed by atoms with van der Waals surface area (Å²) in [5.41, 5.74) is 2.51. The van der Waals surface area contributed by atoms with Crippen LogP contribution in [-0.4, -0.2) is 62.9 Å². The van der Waals surface area contributed by atoms with Crippen molar-refractivity contribution in [3.63, 3.8) is 0 Å². The van der Waals surface area contributed by atoms with Gasteiger partial charge in [-0.25, -0.2) is 0 Å². The van der Waals surface area contributed by atoms with Crippen molar-refractivity contribution in [2.45, 2.75) is 5.75 Å². The molecule has 1 saturated heterocycles. The lowest BCUT2D eigenvalue weighted by Gasteiger charge is -2.35. The summed E-state index contributed by atoms with van der Waals surface area (Å²) < 4.78 is 5.31. The number of methoxy groups -OCH3 is 1. The number of anilines is 1. The molecule has 6 heteroatoms. The first-order chi connectivity index (χ1) is 13.7. The fourth-order valence-electron chi connectivity index (χ4n) is 3.26. The van der Waals surface area contributed by atoms with Crippen molar-refractivity contribution in [1.29, 1.82) is 0 Å². The van der Waals surface area contributed by atoms with E-state index in [1.807, 2.05) is 30.0 Å². The van der Waals surface area contributed by atoms with E-state index in [0.29, 0.717) is 6.54 Å². The SMILES string of the molecule is COc1cccc(N2CCN(CC(=O)NCCSCc3ccccc3)CC2)c1. The van der Waals surface area contributed by atoms with Crippen LogP contribution in [0.4, 0.5) is 5.69 Å². The predicted molar refractivity (Wildman–Crippen MR) is 117 cm³/mol. The third kappa shape index (κ3) is 6.46. The van der Waals surface area contributed by atoms with Crippen molar-refractivity contribution in [2.24, 2.45) is 0 Å². The number of thioether (sulfide) groups is 1. The molecule has 0 bridgehead atoms. The zero-order chi connectivity index (χ0) is 19.6. The van der Waals surface area contributed by atoms with E-state index in [1.54, 1.807) is 7.11 Å². The number of rotatable bonds is 9. The van der Waals surface area contributed by atoms with Crippen LogP contribution in [0.15, 0.2) is 54.6 Å². The molecule has 1 amide bonds. The van der Waals surface area contributed by atoms with Crippen molar-refractivity contribution < 1.29 is 9.53 Å². The number of nitrogens with one attached hydrogen (secondary N) is 1. The van der Waals surface area contributed by atoms with Crippen LogP contribution in [0.5, 0.6) is 5.75 Å². The molecule has 0 radical (unpaired) electrons. The summed E-state index contributed by atoms with van der Waals surface area (Å²) in [7, 11) is 1.69. The average molecular weight is 400 g/mol. The summed E-state index contributed by atoms with van der Waals surface area (Å²) in [6.45, 7) is 4.84. The summed E-state index contributed by atoms with van der Waals surface area (Å²) >= 11 is 1.85. The van der Waals surface area contributed by atoms with Crippen molar-refractivity contribution in [3.8, 4) is 5.75 Å². The van der Waals surface area contributed by atoms with Crippen LogP contribution in [0.1, 0.15) is 5.56 Å². The van der Waals surface area contributed by atoms with Gasteiger partial charge in [-0.15, -0.1) is 0 Å². The van der Waals surface area contributed by atoms with Crippen LogP contribution in [0.3, 0.4) is 0 Å². The molecule has 0 spiro atoms. The van der Waals surface area contributed by atoms with Gasteiger partial charge in [0.15, 0.2) is 0 Å². The molecule has 0 aliphatic carbocycles. The third-order valence-corrected chi connectivity index (χ3v) is 5.87. The van der Waals surface area contributed by atoms with Gasteiger partial charge in [-0.2, -0.15) is 11.8 Å². The maximum atomic E-state index is 12.2. The number of amides is 1. The lowest BCUT2D eigenvalue weighted by atomic mass is 10.2. The van der Waals surface area contributed by atoms with Crippen LogP contribution < -0.4 is 15.0 Å². The Bertz CT molecular complexity index is 734. The maximum absolute atomic E-state index is 12.2. The molecule has 1 aliphatic rings. The zero-order valence-electron chi connectivity index (χ0n) is 16.5. The normalized spacial score (nSPS) is 14.7. The summed E-state index contributed by atoms with van der Waals surface area (Å²) in [6.07, 6.45) is 0. The highest BCUT2D eigenvalue weighted by molar-refractivity contribution is 7.98. The van der Waals surface area contributed by atoms with Gasteiger partial charge in [0.1, 0.15) is 5.75 Å². The zero-order valence-corrected chi connectivity index (χ0v) is 17.3. The average Bonchev–Trinajstić information content (AvgIpc) is 2.75. The lowest BCUT2D eigenvalue weighted by Crippen LogP contribution is -2.49. The molecule has 150 valence electrons. The Kier molecular flexibility index (Phi) is 8.06. The summed E-state index contributed by atoms with van der Waals surface area (Å²) in [6, 6.07) is 18.6. The minimum atomic E-state index is 0.121. The van der Waals surface area contributed by atoms with E-state index < -0.39 is 0 Å². The van der Waals surface area contributed by atoms with Gasteiger partial charge in [0.25, 0.3) is 0 Å². The standard InChI is InChI=1S/C22H29N3O2S/c1-27-21-9-5-8-20(16-21)25-13-11-24(12-14-25)17-22(26)23-10-15-28-18-19-6-3-2-4-7-19/h2-9,16H,10-15,17-18H2,1H3,(H,23,26). The van der Waals surface area contributed by atoms with E-state index in [2.05, 4.69) is 51.5 Å². The number of benzene rings is 2. The number of hydrogen-bond donors (Lipinski definition) is 1. The molecule has 1 aliphatic heterocycles. The Morgan fingerprint density at radius 2 is 1.86 bits per heavy atom. The van der Waals surface area contributed by atoms with Crippen molar-refractivity contribution in [1.82, 2.24) is 10.2 Å². The van der Waals surface area contributed by atoms with Crippen LogP contribution in [0, 0.1) is 0 Å². The monoisotopic (exact) mass is 399 g/mol. The van der Waals surface area contributed by atoms with Crippen LogP contribution in [0.2, 0.25) is 0 Å². The van der Waals surface area contributed by atoms with Crippen molar-refractivity contribution in [3.05, 3.63) is 60.2 Å². The second kappa shape index (κ2) is 11.0. The Morgan fingerprint density at radius 1 is 1.07 bits per heavy atom. The molecule has 2 aromatic rings. The topological polar surface area (TPSA) is 44.8 Å². The van der Waals surface area contributed by atoms with Gasteiger partial charge in [-0.3, -0.25) is 9.69 Å². The van der Waals surface area contributed by atoms with E-state index in [9.17, 15) is 4.79 Å². The molecule has 28 heavy (non-hydrogen) atoms. The van der Waals surface area contributed by atoms with E-state index in [1.165, 1.54) is 11.3 Å². The van der Waals surface area contributed by atoms with Gasteiger partial charge in [0, 0.05) is 56.0 Å². The van der Waals surface area contributed by atoms with E-state index in [-0.39, 0.29) is 5.91 Å². The first-order valence-corrected chi connectivity index (χ1v) is 10.9. The Balaban J connectivity index is 1.30. The molecule has 3 rings (SSSR count). The van der Waals surface area contributed by atoms with Crippen LogP contribution >= 0.6 is 11.8 Å². The fourth-order valence-corrected chi connectivity index (χ4v) is 4.08. The van der Waals surface area contributed by atoms with Gasteiger partial charge in [-0.1, -0.05) is 36.4 Å². The van der Waals surface area contributed by atoms with Gasteiger partial charge in [0.2, 0.25) is 5.91 Å². The van der Waals surface area contributed by atoms with Crippen LogP contribution in [-0.2, 0) is 10.5 Å². The molecule has 2 aromatic carbocycles. The first-order valence-electron chi connectivity index (χ1n) is 9.74. The number of carbonyl (C=O) groups is 1. The largest absolute Gasteiger partial charge is 0.497 e. The van der Waals surface area contributed by atoms with E-state index >= 15 is 0 Å². The molecule has 0 saturated carbocycles. The van der Waals surface area contributed by atoms with Crippen molar-refractivity contribution in [2.75, 3.05) is 57.0 Å². The number of carbonyl (C=O) groups excluding carboxylic acids is 1. The van der Waals surface area contributed by atoms with Gasteiger partial charge < -0.3 is 15.0 Å². The number of ether oxygens (including phenoxy) is 1. The molecule has 0 aromatic heterocycles. The molecular formula is C22H29N3O2S. The third-order valence-electron chi connectivity index (χ3n) is 4.84. The van der Waals surface area contributed by atoms with Gasteiger partial charge >= 0.3 is 0 Å². The number of hydrogen-bond acceptors (Lipinski definition) is 5. The van der Waals surface area contributed by atoms with E-state index in [4.69, 9.17) is 4.74 Å². The van der Waals surface area contributed by atoms with E-state index in [0.717, 1.165) is 50.0 Å². The fraction of sp³-hybridized carbons (Fsp3) is 0.409. The predicted octanol–water partition coefficient (Wildman–Crippen LogP) is 2.87. The highest BCUT2D eigenvalue weighted by Gasteiger charge is 2.19. The van der Waals surface area contributed by atoms with Gasteiger partial charge in [0.05, 0.1) is 13.7 Å². The quantitative estimate of drug-likeness (QED) is 0.657. The minimum absolute atomic E-state index is 0.121. The summed E-state index contributed by atoms with van der Waals surface area (Å²) in [5.74, 6) is 2.92. The Morgan fingerprint density at radius 3 is 2.61 bits per heavy atom. The smallest absolute Gasteiger partial charge is 0.234 e. The summed E-state index contributed by atoms with van der Waals surface area (Å²) in [5, 5.41) is 3.04. The number of piperazine rings is 1. The second-order valence-electron chi connectivity index (χ2n) is 6.85. The molecule has 0 unspecified atom stereocenters. The lowest BCUT2D eigenvalue weighted by molar-refractivity contribution is -0.122. The van der Waals surface area contributed by atoms with Crippen LogP contribution in [0.25, 0.3) is 0 Å².